The smallest absolute Gasteiger partial charge is 0.0713 e. The summed E-state index contributed by atoms with van der Waals surface area (Å²) in [6.07, 6.45) is 8.49. The van der Waals surface area contributed by atoms with Gasteiger partial charge < -0.3 is 9.47 Å². The maximum atomic E-state index is 6.19. The predicted molar refractivity (Wildman–Crippen MR) is 132 cm³/mol. The second-order valence-corrected chi connectivity index (χ2v) is 11.3. The van der Waals surface area contributed by atoms with E-state index in [9.17, 15) is 0 Å². The number of hydrogen-bond donors (Lipinski definition) is 0. The van der Waals surface area contributed by atoms with Crippen LogP contribution in [0.25, 0.3) is 0 Å². The minimum atomic E-state index is 0.164. The van der Waals surface area contributed by atoms with Gasteiger partial charge in [-0.25, -0.2) is 0 Å². The fourth-order valence-electron chi connectivity index (χ4n) is 3.21. The lowest BCUT2D eigenvalue weighted by Gasteiger charge is -2.40. The number of rotatable bonds is 12. The minimum Gasteiger partial charge on any atom is -0.380 e. The van der Waals surface area contributed by atoms with E-state index >= 15 is 0 Å². The van der Waals surface area contributed by atoms with E-state index in [1.807, 2.05) is 20.8 Å². The molecular weight excluding hydrogens is 356 g/mol. The molecule has 0 aliphatic heterocycles. The lowest BCUT2D eigenvalue weighted by atomic mass is 9.70. The highest BCUT2D eigenvalue weighted by atomic mass is 16.5. The Morgan fingerprint density at radius 3 is 1.76 bits per heavy atom. The van der Waals surface area contributed by atoms with Crippen LogP contribution in [-0.2, 0) is 9.47 Å². The van der Waals surface area contributed by atoms with Crippen molar-refractivity contribution in [2.45, 2.75) is 103 Å². The highest BCUT2D eigenvalue weighted by Crippen LogP contribution is 2.40. The van der Waals surface area contributed by atoms with Crippen LogP contribution in [0.15, 0.2) is 23.8 Å². The molecule has 0 rings (SSSR count). The molecule has 0 aromatic carbocycles. The average molecular weight is 411 g/mol. The second-order valence-electron chi connectivity index (χ2n) is 11.3. The maximum absolute atomic E-state index is 6.19. The molecule has 0 amide bonds. The number of ether oxygens (including phenoxy) is 2. The zero-order valence-electron chi connectivity index (χ0n) is 22.3. The van der Waals surface area contributed by atoms with Crippen LogP contribution in [0.5, 0.6) is 0 Å². The highest BCUT2D eigenvalue weighted by molar-refractivity contribution is 5.17. The largest absolute Gasteiger partial charge is 0.380 e. The fraction of sp³-hybridized carbons (Fsp3) is 0.852. The Morgan fingerprint density at radius 2 is 1.31 bits per heavy atom. The summed E-state index contributed by atoms with van der Waals surface area (Å²) in [6.45, 7) is 32.0. The summed E-state index contributed by atoms with van der Waals surface area (Å²) in [5.41, 5.74) is 2.06. The molecule has 0 aromatic rings. The molecule has 0 aliphatic rings. The van der Waals surface area contributed by atoms with Crippen molar-refractivity contribution in [1.82, 2.24) is 0 Å². The first-order valence-corrected chi connectivity index (χ1v) is 11.6. The molecule has 0 radical (unpaired) electrons. The summed E-state index contributed by atoms with van der Waals surface area (Å²) < 4.78 is 12.1. The van der Waals surface area contributed by atoms with E-state index in [2.05, 4.69) is 87.5 Å². The molecule has 0 spiro atoms. The van der Waals surface area contributed by atoms with Gasteiger partial charge in [-0.2, -0.15) is 0 Å². The molecule has 2 nitrogen and oxygen atoms in total. The summed E-state index contributed by atoms with van der Waals surface area (Å²) in [7, 11) is 0. The first kappa shape index (κ1) is 30.6. The number of allylic oxidation sites excluding steroid dienone is 2. The molecule has 0 aliphatic carbocycles. The fourth-order valence-corrected chi connectivity index (χ4v) is 3.21. The molecule has 0 unspecified atom stereocenters. The Bertz CT molecular complexity index is 473. The number of hydrogen-bond acceptors (Lipinski definition) is 2. The van der Waals surface area contributed by atoms with Gasteiger partial charge in [0.15, 0.2) is 0 Å². The SMILES string of the molecule is C/C=C\C(=C/C)COCCC(C)(C)CC(C)(C)COCC(C)(C)C(C)(C)C.CC. The van der Waals surface area contributed by atoms with Crippen LogP contribution in [0, 0.1) is 21.7 Å². The van der Waals surface area contributed by atoms with Gasteiger partial charge in [0.05, 0.1) is 19.8 Å². The van der Waals surface area contributed by atoms with Crippen LogP contribution >= 0.6 is 0 Å². The van der Waals surface area contributed by atoms with E-state index in [1.54, 1.807) is 0 Å². The van der Waals surface area contributed by atoms with Gasteiger partial charge in [-0.1, -0.05) is 94.4 Å². The van der Waals surface area contributed by atoms with Crippen molar-refractivity contribution in [2.24, 2.45) is 21.7 Å². The Labute approximate surface area is 184 Å². The first-order chi connectivity index (χ1) is 13.2. The van der Waals surface area contributed by atoms with Crippen molar-refractivity contribution < 1.29 is 9.47 Å². The predicted octanol–water partition coefficient (Wildman–Crippen LogP) is 8.47. The van der Waals surface area contributed by atoms with E-state index in [-0.39, 0.29) is 21.7 Å². The summed E-state index contributed by atoms with van der Waals surface area (Å²) in [5, 5.41) is 0. The molecule has 0 saturated carbocycles. The molecule has 0 heterocycles. The van der Waals surface area contributed by atoms with Gasteiger partial charge in [0, 0.05) is 6.61 Å². The van der Waals surface area contributed by atoms with Gasteiger partial charge in [-0.15, -0.1) is 0 Å². The lowest BCUT2D eigenvalue weighted by molar-refractivity contribution is -0.0382. The first-order valence-electron chi connectivity index (χ1n) is 11.6. The van der Waals surface area contributed by atoms with Gasteiger partial charge in [0.2, 0.25) is 0 Å². The summed E-state index contributed by atoms with van der Waals surface area (Å²) in [4.78, 5) is 0. The van der Waals surface area contributed by atoms with Crippen LogP contribution in [0.1, 0.15) is 103 Å². The van der Waals surface area contributed by atoms with Gasteiger partial charge in [-0.3, -0.25) is 0 Å². The normalized spacial score (nSPS) is 14.2. The summed E-state index contributed by atoms with van der Waals surface area (Å²) >= 11 is 0. The van der Waals surface area contributed by atoms with Crippen molar-refractivity contribution >= 4 is 0 Å². The zero-order valence-corrected chi connectivity index (χ0v) is 22.3. The molecule has 0 atom stereocenters. The molecule has 0 bridgehead atoms. The Balaban J connectivity index is 0. The summed E-state index contributed by atoms with van der Waals surface area (Å²) in [6, 6.07) is 0. The maximum Gasteiger partial charge on any atom is 0.0713 e. The molecule has 2 heteroatoms. The van der Waals surface area contributed by atoms with Gasteiger partial charge in [0.25, 0.3) is 0 Å². The van der Waals surface area contributed by atoms with Crippen molar-refractivity contribution in [1.29, 1.82) is 0 Å². The van der Waals surface area contributed by atoms with Crippen molar-refractivity contribution in [2.75, 3.05) is 26.4 Å². The summed E-state index contributed by atoms with van der Waals surface area (Å²) in [5.74, 6) is 0. The van der Waals surface area contributed by atoms with Crippen LogP contribution in [0.3, 0.4) is 0 Å². The van der Waals surface area contributed by atoms with E-state index in [1.165, 1.54) is 5.57 Å². The highest BCUT2D eigenvalue weighted by Gasteiger charge is 2.34. The van der Waals surface area contributed by atoms with Crippen LogP contribution in [0.4, 0.5) is 0 Å². The van der Waals surface area contributed by atoms with Gasteiger partial charge >= 0.3 is 0 Å². The Morgan fingerprint density at radius 1 is 0.759 bits per heavy atom. The van der Waals surface area contributed by atoms with Crippen LogP contribution in [0.2, 0.25) is 0 Å². The van der Waals surface area contributed by atoms with Crippen molar-refractivity contribution in [3.63, 3.8) is 0 Å². The van der Waals surface area contributed by atoms with Crippen molar-refractivity contribution in [3.05, 3.63) is 23.8 Å². The molecule has 174 valence electrons. The van der Waals surface area contributed by atoms with Gasteiger partial charge in [0.1, 0.15) is 0 Å². The van der Waals surface area contributed by atoms with E-state index in [0.29, 0.717) is 6.61 Å². The third-order valence-electron chi connectivity index (χ3n) is 5.89. The topological polar surface area (TPSA) is 18.5 Å². The minimum absolute atomic E-state index is 0.164. The van der Waals surface area contributed by atoms with Crippen LogP contribution < -0.4 is 0 Å². The van der Waals surface area contributed by atoms with E-state index in [4.69, 9.17) is 9.47 Å². The van der Waals surface area contributed by atoms with Crippen molar-refractivity contribution in [3.8, 4) is 0 Å². The van der Waals surface area contributed by atoms with E-state index in [0.717, 1.165) is 32.7 Å². The zero-order chi connectivity index (χ0) is 23.4. The standard InChI is InChI=1S/C25H48O2.C2H6/c1-12-14-21(13-2)17-26-16-15-23(6,7)18-24(8,9)19-27-20-25(10,11)22(3,4)5;1-2/h12-14H,15-20H2,1-11H3;1-2H3/b14-12-,21-13+;. The monoisotopic (exact) mass is 410 g/mol. The Hall–Kier alpha value is -0.600. The average Bonchev–Trinajstić information content (AvgIpc) is 2.57. The molecule has 0 aromatic heterocycles. The van der Waals surface area contributed by atoms with Crippen LogP contribution in [-0.4, -0.2) is 26.4 Å². The van der Waals surface area contributed by atoms with E-state index < -0.39 is 0 Å². The third-order valence-corrected chi connectivity index (χ3v) is 5.89. The molecule has 0 fully saturated rings. The molecule has 0 saturated heterocycles. The second kappa shape index (κ2) is 13.7. The molecule has 29 heavy (non-hydrogen) atoms. The van der Waals surface area contributed by atoms with Gasteiger partial charge in [-0.05, 0) is 53.9 Å². The quantitative estimate of drug-likeness (QED) is 0.237. The Kier molecular flexibility index (Phi) is 14.4. The lowest BCUT2D eigenvalue weighted by Crippen LogP contribution is -2.36. The molecular formula is C27H54O2. The molecule has 0 N–H and O–H groups in total. The third kappa shape index (κ3) is 14.1.